The molecule has 3 heterocycles. The number of aryl methyl sites for hydroxylation is 1. The molecule has 2 aromatic heterocycles. The van der Waals surface area contributed by atoms with Crippen molar-refractivity contribution in [2.24, 2.45) is 0 Å². The summed E-state index contributed by atoms with van der Waals surface area (Å²) in [4.78, 5) is 36.6. The van der Waals surface area contributed by atoms with E-state index < -0.39 is 5.60 Å². The molecule has 162 valence electrons. The molecule has 0 spiro atoms. The second-order valence-corrected chi connectivity index (χ2v) is 9.54. The van der Waals surface area contributed by atoms with Gasteiger partial charge in [0.25, 0.3) is 5.91 Å². The van der Waals surface area contributed by atoms with Gasteiger partial charge in [0, 0.05) is 29.3 Å². The monoisotopic (exact) mass is 442 g/mol. The van der Waals surface area contributed by atoms with Gasteiger partial charge in [-0.25, -0.2) is 14.2 Å². The van der Waals surface area contributed by atoms with Crippen LogP contribution in [0.5, 0.6) is 0 Å². The maximum atomic E-state index is 13.4. The number of carbonyl (C=O) groups excluding carboxylic acids is 2. The fourth-order valence-electron chi connectivity index (χ4n) is 3.36. The minimum absolute atomic E-state index is 0.327. The molecule has 4 rings (SSSR count). The molecule has 31 heavy (non-hydrogen) atoms. The second-order valence-electron chi connectivity index (χ2n) is 8.45. The third-order valence-electron chi connectivity index (χ3n) is 4.82. The van der Waals surface area contributed by atoms with Crippen molar-refractivity contribution in [3.63, 3.8) is 0 Å². The van der Waals surface area contributed by atoms with Crippen LogP contribution in [0, 0.1) is 12.7 Å². The fraction of sp³-hybridized carbons (Fsp3) is 0.364. The highest BCUT2D eigenvalue weighted by atomic mass is 32.1. The van der Waals surface area contributed by atoms with Crippen LogP contribution in [0.2, 0.25) is 0 Å². The van der Waals surface area contributed by atoms with Crippen molar-refractivity contribution in [3.8, 4) is 0 Å². The summed E-state index contributed by atoms with van der Waals surface area (Å²) in [5, 5.41) is 3.99. The van der Waals surface area contributed by atoms with E-state index in [1.165, 1.54) is 23.5 Å². The number of anilines is 1. The number of hydrogen-bond donors (Lipinski definition) is 1. The number of pyridine rings is 1. The lowest BCUT2D eigenvalue weighted by Gasteiger charge is -2.29. The van der Waals surface area contributed by atoms with Gasteiger partial charge in [-0.15, -0.1) is 0 Å². The lowest BCUT2D eigenvalue weighted by atomic mass is 10.1. The number of ether oxygens (including phenoxy) is 1. The minimum atomic E-state index is -0.554. The number of nitrogens with zero attached hydrogens (tertiary/aromatic N) is 3. The minimum Gasteiger partial charge on any atom is -0.444 e. The molecular weight excluding hydrogens is 419 g/mol. The number of rotatable bonds is 2. The number of thiazole rings is 1. The van der Waals surface area contributed by atoms with E-state index in [2.05, 4.69) is 15.3 Å². The van der Waals surface area contributed by atoms with Gasteiger partial charge in [0.15, 0.2) is 5.13 Å². The van der Waals surface area contributed by atoms with Crippen molar-refractivity contribution in [2.45, 2.75) is 46.3 Å². The van der Waals surface area contributed by atoms with Crippen LogP contribution in [0.15, 0.2) is 24.3 Å². The molecule has 0 saturated heterocycles. The van der Waals surface area contributed by atoms with Crippen molar-refractivity contribution in [1.82, 2.24) is 14.9 Å². The summed E-state index contributed by atoms with van der Waals surface area (Å²) >= 11 is 1.35. The summed E-state index contributed by atoms with van der Waals surface area (Å²) < 4.78 is 18.9. The highest BCUT2D eigenvalue weighted by molar-refractivity contribution is 7.15. The molecule has 1 aliphatic rings. The van der Waals surface area contributed by atoms with Gasteiger partial charge >= 0.3 is 6.09 Å². The molecule has 3 aromatic rings. The summed E-state index contributed by atoms with van der Waals surface area (Å²) in [6.07, 6.45) is 0.245. The zero-order chi connectivity index (χ0) is 22.3. The van der Waals surface area contributed by atoms with E-state index in [0.29, 0.717) is 46.8 Å². The zero-order valence-electron chi connectivity index (χ0n) is 17.8. The zero-order valence-corrected chi connectivity index (χ0v) is 18.6. The molecule has 1 aliphatic heterocycles. The van der Waals surface area contributed by atoms with Crippen LogP contribution in [-0.2, 0) is 17.7 Å². The highest BCUT2D eigenvalue weighted by Crippen LogP contribution is 2.30. The van der Waals surface area contributed by atoms with Crippen LogP contribution >= 0.6 is 11.3 Å². The average Bonchev–Trinajstić information content (AvgIpc) is 3.07. The Bertz CT molecular complexity index is 1190. The van der Waals surface area contributed by atoms with Crippen LogP contribution in [0.25, 0.3) is 10.9 Å². The Morgan fingerprint density at radius 2 is 2.00 bits per heavy atom. The fourth-order valence-corrected chi connectivity index (χ4v) is 4.38. The molecule has 0 bridgehead atoms. The molecule has 1 aromatic carbocycles. The van der Waals surface area contributed by atoms with Crippen LogP contribution in [0.4, 0.5) is 14.3 Å². The van der Waals surface area contributed by atoms with Gasteiger partial charge in [-0.1, -0.05) is 11.3 Å². The van der Waals surface area contributed by atoms with E-state index in [4.69, 9.17) is 4.74 Å². The largest absolute Gasteiger partial charge is 0.444 e. The van der Waals surface area contributed by atoms with Crippen molar-refractivity contribution >= 4 is 39.4 Å². The van der Waals surface area contributed by atoms with Crippen LogP contribution in [-0.4, -0.2) is 39.0 Å². The quantitative estimate of drug-likeness (QED) is 0.623. The molecule has 7 nitrogen and oxygen atoms in total. The first-order chi connectivity index (χ1) is 14.6. The normalized spacial score (nSPS) is 13.8. The summed E-state index contributed by atoms with van der Waals surface area (Å²) in [5.41, 5.74) is 1.74. The molecule has 0 aliphatic carbocycles. The van der Waals surface area contributed by atoms with Crippen molar-refractivity contribution in [1.29, 1.82) is 0 Å². The van der Waals surface area contributed by atoms with Crippen molar-refractivity contribution < 1.29 is 18.7 Å². The van der Waals surface area contributed by atoms with Gasteiger partial charge in [-0.05, 0) is 45.9 Å². The molecule has 0 fully saturated rings. The van der Waals surface area contributed by atoms with E-state index >= 15 is 0 Å². The van der Waals surface area contributed by atoms with E-state index in [9.17, 15) is 14.0 Å². The summed E-state index contributed by atoms with van der Waals surface area (Å²) in [5.74, 6) is -0.697. The number of halogens is 1. The van der Waals surface area contributed by atoms with Gasteiger partial charge < -0.3 is 9.64 Å². The van der Waals surface area contributed by atoms with E-state index in [1.807, 2.05) is 20.8 Å². The van der Waals surface area contributed by atoms with Crippen LogP contribution < -0.4 is 5.32 Å². The van der Waals surface area contributed by atoms with E-state index in [0.717, 1.165) is 10.6 Å². The third-order valence-corrected chi connectivity index (χ3v) is 5.82. The average molecular weight is 443 g/mol. The van der Waals surface area contributed by atoms with Crippen molar-refractivity contribution in [3.05, 3.63) is 51.9 Å². The molecule has 0 radical (unpaired) electrons. The van der Waals surface area contributed by atoms with E-state index in [-0.39, 0.29) is 17.8 Å². The first kappa shape index (κ1) is 21.2. The lowest BCUT2D eigenvalue weighted by molar-refractivity contribution is 0.0225. The SMILES string of the molecule is Cc1nc2cc(F)ccc2cc1C(=O)Nc1nc2c(s1)CN(C(=O)OC(C)(C)C)CC2. The number of benzene rings is 1. The Morgan fingerprint density at radius 3 is 2.74 bits per heavy atom. The Morgan fingerprint density at radius 1 is 1.23 bits per heavy atom. The summed E-state index contributed by atoms with van der Waals surface area (Å²) in [7, 11) is 0. The van der Waals surface area contributed by atoms with Gasteiger partial charge in [-0.3, -0.25) is 15.1 Å². The van der Waals surface area contributed by atoms with Gasteiger partial charge in [0.05, 0.1) is 29.0 Å². The predicted octanol–water partition coefficient (Wildman–Crippen LogP) is 4.68. The number of amides is 2. The standard InChI is InChI=1S/C22H23FN4O3S/c1-12-15(9-13-5-6-14(23)10-17(13)24-12)19(28)26-20-25-16-7-8-27(11-18(16)31-20)21(29)30-22(2,3)4/h5-6,9-10H,7-8,11H2,1-4H3,(H,25,26,28). The molecule has 2 amide bonds. The number of hydrogen-bond acceptors (Lipinski definition) is 6. The summed E-state index contributed by atoms with van der Waals surface area (Å²) in [6.45, 7) is 8.14. The second kappa shape index (κ2) is 7.88. The van der Waals surface area contributed by atoms with Gasteiger partial charge in [-0.2, -0.15) is 0 Å². The first-order valence-electron chi connectivity index (χ1n) is 9.94. The molecular formula is C22H23FN4O3S. The summed E-state index contributed by atoms with van der Waals surface area (Å²) in [6, 6.07) is 5.98. The maximum absolute atomic E-state index is 13.4. The van der Waals surface area contributed by atoms with Crippen LogP contribution in [0.3, 0.4) is 0 Å². The number of aromatic nitrogens is 2. The topological polar surface area (TPSA) is 84.4 Å². The highest BCUT2D eigenvalue weighted by Gasteiger charge is 2.28. The Balaban J connectivity index is 1.50. The third kappa shape index (κ3) is 4.66. The maximum Gasteiger partial charge on any atom is 0.410 e. The predicted molar refractivity (Wildman–Crippen MR) is 117 cm³/mol. The number of nitrogens with one attached hydrogen (secondary N) is 1. The molecule has 9 heteroatoms. The Kier molecular flexibility index (Phi) is 5.38. The van der Waals surface area contributed by atoms with Crippen molar-refractivity contribution in [2.75, 3.05) is 11.9 Å². The Labute approximate surface area is 183 Å². The lowest BCUT2D eigenvalue weighted by Crippen LogP contribution is -2.39. The number of fused-ring (bicyclic) bond motifs is 2. The molecule has 0 unspecified atom stereocenters. The van der Waals surface area contributed by atoms with Crippen LogP contribution in [0.1, 0.15) is 47.4 Å². The molecule has 0 atom stereocenters. The van der Waals surface area contributed by atoms with Gasteiger partial charge in [0.1, 0.15) is 11.4 Å². The van der Waals surface area contributed by atoms with E-state index in [1.54, 1.807) is 24.0 Å². The molecule has 1 N–H and O–H groups in total. The van der Waals surface area contributed by atoms with Gasteiger partial charge in [0.2, 0.25) is 0 Å². The smallest absolute Gasteiger partial charge is 0.410 e. The molecule has 0 saturated carbocycles. The first-order valence-corrected chi connectivity index (χ1v) is 10.8. The number of carbonyl (C=O) groups is 2. The Hall–Kier alpha value is -3.07.